The van der Waals surface area contributed by atoms with E-state index in [-0.39, 0.29) is 16.2 Å². The van der Waals surface area contributed by atoms with Crippen molar-refractivity contribution in [3.8, 4) is 0 Å². The summed E-state index contributed by atoms with van der Waals surface area (Å²) in [7, 11) is -3.58. The SMILES string of the molecule is CCCN(C1CC1)S(=O)(=O)c1c(Cl)nc2sccn12. The van der Waals surface area contributed by atoms with Gasteiger partial charge in [0.1, 0.15) is 0 Å². The lowest BCUT2D eigenvalue weighted by Gasteiger charge is -2.20. The molecule has 2 heterocycles. The van der Waals surface area contributed by atoms with Crippen LogP contribution in [0.4, 0.5) is 0 Å². The van der Waals surface area contributed by atoms with Crippen LogP contribution in [0.5, 0.6) is 0 Å². The summed E-state index contributed by atoms with van der Waals surface area (Å²) in [6, 6.07) is 0.130. The molecule has 0 aromatic carbocycles. The van der Waals surface area contributed by atoms with Crippen molar-refractivity contribution >= 4 is 37.9 Å². The second kappa shape index (κ2) is 4.73. The van der Waals surface area contributed by atoms with Crippen molar-refractivity contribution in [2.75, 3.05) is 6.54 Å². The van der Waals surface area contributed by atoms with Crippen LogP contribution in [0, 0.1) is 0 Å². The number of imidazole rings is 1. The van der Waals surface area contributed by atoms with Crippen LogP contribution in [-0.4, -0.2) is 34.7 Å². The summed E-state index contributed by atoms with van der Waals surface area (Å²) in [6.45, 7) is 2.50. The normalized spacial score (nSPS) is 16.6. The number of fused-ring (bicyclic) bond motifs is 1. The van der Waals surface area contributed by atoms with Gasteiger partial charge in [0.25, 0.3) is 10.0 Å². The number of sulfonamides is 1. The zero-order valence-corrected chi connectivity index (χ0v) is 12.8. The molecular formula is C11H14ClN3O2S2. The molecule has 0 atom stereocenters. The molecule has 0 saturated heterocycles. The number of hydrogen-bond acceptors (Lipinski definition) is 4. The van der Waals surface area contributed by atoms with Crippen molar-refractivity contribution in [1.82, 2.24) is 13.7 Å². The van der Waals surface area contributed by atoms with Gasteiger partial charge in [-0.2, -0.15) is 4.31 Å². The second-order valence-electron chi connectivity index (χ2n) is 4.61. The van der Waals surface area contributed by atoms with Gasteiger partial charge in [-0.25, -0.2) is 13.4 Å². The lowest BCUT2D eigenvalue weighted by molar-refractivity contribution is 0.401. The van der Waals surface area contributed by atoms with Crippen molar-refractivity contribution < 1.29 is 8.42 Å². The maximum atomic E-state index is 12.8. The van der Waals surface area contributed by atoms with Crippen LogP contribution in [0.3, 0.4) is 0 Å². The van der Waals surface area contributed by atoms with Crippen molar-refractivity contribution in [3.63, 3.8) is 0 Å². The van der Waals surface area contributed by atoms with E-state index < -0.39 is 10.0 Å². The third-order valence-electron chi connectivity index (χ3n) is 3.13. The van der Waals surface area contributed by atoms with Crippen LogP contribution < -0.4 is 0 Å². The van der Waals surface area contributed by atoms with Crippen molar-refractivity contribution in [2.24, 2.45) is 0 Å². The van der Waals surface area contributed by atoms with E-state index in [2.05, 4.69) is 4.98 Å². The number of aromatic nitrogens is 2. The maximum absolute atomic E-state index is 12.8. The minimum atomic E-state index is -3.58. The van der Waals surface area contributed by atoms with Gasteiger partial charge in [-0.1, -0.05) is 18.5 Å². The van der Waals surface area contributed by atoms with E-state index >= 15 is 0 Å². The third-order valence-corrected chi connectivity index (χ3v) is 6.24. The largest absolute Gasteiger partial charge is 0.279 e. The van der Waals surface area contributed by atoms with E-state index in [9.17, 15) is 8.42 Å². The van der Waals surface area contributed by atoms with E-state index in [0.29, 0.717) is 11.5 Å². The first-order chi connectivity index (χ1) is 9.05. The first-order valence-electron chi connectivity index (χ1n) is 6.18. The molecule has 0 aliphatic heterocycles. The van der Waals surface area contributed by atoms with Gasteiger partial charge < -0.3 is 0 Å². The molecule has 0 unspecified atom stereocenters. The predicted octanol–water partition coefficient (Wildman–Crippen LogP) is 2.61. The Labute approximate surface area is 120 Å². The molecule has 8 heteroatoms. The Balaban J connectivity index is 2.12. The fourth-order valence-electron chi connectivity index (χ4n) is 2.16. The predicted molar refractivity (Wildman–Crippen MR) is 75.3 cm³/mol. The number of halogens is 1. The molecular weight excluding hydrogens is 306 g/mol. The molecule has 1 aliphatic rings. The van der Waals surface area contributed by atoms with Gasteiger partial charge >= 0.3 is 0 Å². The van der Waals surface area contributed by atoms with Crippen LogP contribution in [0.2, 0.25) is 5.15 Å². The average molecular weight is 320 g/mol. The number of nitrogens with zero attached hydrogens (tertiary/aromatic N) is 3. The number of thiazole rings is 1. The molecule has 3 rings (SSSR count). The summed E-state index contributed by atoms with van der Waals surface area (Å²) in [4.78, 5) is 4.71. The molecule has 0 spiro atoms. The summed E-state index contributed by atoms with van der Waals surface area (Å²) in [5.41, 5.74) is 0. The maximum Gasteiger partial charge on any atom is 0.262 e. The molecule has 19 heavy (non-hydrogen) atoms. The minimum absolute atomic E-state index is 0.0635. The van der Waals surface area contributed by atoms with Gasteiger partial charge in [0.05, 0.1) is 0 Å². The van der Waals surface area contributed by atoms with Crippen molar-refractivity contribution in [3.05, 3.63) is 16.7 Å². The highest BCUT2D eigenvalue weighted by Crippen LogP contribution is 2.35. The minimum Gasteiger partial charge on any atom is -0.279 e. The van der Waals surface area contributed by atoms with E-state index in [1.54, 1.807) is 20.3 Å². The Morgan fingerprint density at radius 3 is 2.95 bits per heavy atom. The Kier molecular flexibility index (Phi) is 3.33. The number of hydrogen-bond donors (Lipinski definition) is 0. The average Bonchev–Trinajstić information content (AvgIpc) is 2.99. The zero-order valence-electron chi connectivity index (χ0n) is 10.4. The third kappa shape index (κ3) is 2.18. The Morgan fingerprint density at radius 2 is 2.32 bits per heavy atom. The molecule has 0 radical (unpaired) electrons. The van der Waals surface area contributed by atoms with Gasteiger partial charge in [0.15, 0.2) is 15.1 Å². The zero-order chi connectivity index (χ0) is 13.6. The quantitative estimate of drug-likeness (QED) is 0.851. The van der Waals surface area contributed by atoms with E-state index in [1.807, 2.05) is 6.92 Å². The van der Waals surface area contributed by atoms with Crippen LogP contribution in [-0.2, 0) is 10.0 Å². The molecule has 0 bridgehead atoms. The summed E-state index contributed by atoms with van der Waals surface area (Å²) in [5, 5.41) is 1.97. The first kappa shape index (κ1) is 13.4. The highest BCUT2D eigenvalue weighted by molar-refractivity contribution is 7.89. The van der Waals surface area contributed by atoms with Gasteiger partial charge in [-0.3, -0.25) is 4.40 Å². The molecule has 2 aromatic rings. The molecule has 1 saturated carbocycles. The summed E-state index contributed by atoms with van der Waals surface area (Å²) in [5.74, 6) is 0. The molecule has 1 aliphatic carbocycles. The summed E-state index contributed by atoms with van der Waals surface area (Å²) in [6.07, 6.45) is 4.35. The molecule has 104 valence electrons. The molecule has 0 N–H and O–H groups in total. The smallest absolute Gasteiger partial charge is 0.262 e. The van der Waals surface area contributed by atoms with Crippen molar-refractivity contribution in [2.45, 2.75) is 37.3 Å². The standard InChI is InChI=1S/C11H14ClN3O2S2/c1-2-5-15(8-3-4-8)19(16,17)10-9(12)13-11-14(10)6-7-18-11/h6-8H,2-5H2,1H3. The Morgan fingerprint density at radius 1 is 1.58 bits per heavy atom. The number of rotatable bonds is 5. The first-order valence-corrected chi connectivity index (χ1v) is 8.88. The Hall–Kier alpha value is -0.630. The van der Waals surface area contributed by atoms with Crippen LogP contribution in [0.15, 0.2) is 16.6 Å². The van der Waals surface area contributed by atoms with E-state index in [4.69, 9.17) is 11.6 Å². The highest BCUT2D eigenvalue weighted by Gasteiger charge is 2.40. The fraction of sp³-hybridized carbons (Fsp3) is 0.545. The molecule has 5 nitrogen and oxygen atoms in total. The van der Waals surface area contributed by atoms with Gasteiger partial charge in [-0.15, -0.1) is 11.3 Å². The summed E-state index contributed by atoms with van der Waals surface area (Å²) < 4.78 is 28.7. The second-order valence-corrected chi connectivity index (χ2v) is 7.65. The van der Waals surface area contributed by atoms with Crippen LogP contribution >= 0.6 is 22.9 Å². The molecule has 0 amide bonds. The topological polar surface area (TPSA) is 54.7 Å². The molecule has 1 fully saturated rings. The summed E-state index contributed by atoms with van der Waals surface area (Å²) >= 11 is 7.40. The fourth-order valence-corrected chi connectivity index (χ4v) is 5.35. The lowest BCUT2D eigenvalue weighted by atomic mass is 10.5. The highest BCUT2D eigenvalue weighted by atomic mass is 35.5. The van der Waals surface area contributed by atoms with Crippen LogP contribution in [0.25, 0.3) is 4.96 Å². The van der Waals surface area contributed by atoms with Crippen LogP contribution in [0.1, 0.15) is 26.2 Å². The Bertz CT molecular complexity index is 703. The van der Waals surface area contributed by atoms with Gasteiger partial charge in [0, 0.05) is 24.2 Å². The monoisotopic (exact) mass is 319 g/mol. The van der Waals surface area contributed by atoms with E-state index in [0.717, 1.165) is 19.3 Å². The van der Waals surface area contributed by atoms with E-state index in [1.165, 1.54) is 11.3 Å². The van der Waals surface area contributed by atoms with Crippen molar-refractivity contribution in [1.29, 1.82) is 0 Å². The lowest BCUT2D eigenvalue weighted by Crippen LogP contribution is -2.34. The molecule has 2 aromatic heterocycles. The van der Waals surface area contributed by atoms with Gasteiger partial charge in [0.2, 0.25) is 0 Å². The van der Waals surface area contributed by atoms with Gasteiger partial charge in [-0.05, 0) is 19.3 Å².